The third-order valence-electron chi connectivity index (χ3n) is 4.34. The molecular weight excluding hydrogens is 304 g/mol. The average molecular weight is 343 g/mol. The topological polar surface area (TPSA) is 81.4 Å². The van der Waals surface area contributed by atoms with Crippen molar-refractivity contribution in [3.63, 3.8) is 0 Å². The van der Waals surface area contributed by atoms with Gasteiger partial charge in [-0.2, -0.15) is 0 Å². The fourth-order valence-corrected chi connectivity index (χ4v) is 3.47. The number of nitrogens with one attached hydrogen (secondary N) is 1. The number of ketones is 1. The molecule has 0 saturated heterocycles. The molecule has 142 valence electrons. The molecule has 24 heavy (non-hydrogen) atoms. The van der Waals surface area contributed by atoms with Gasteiger partial charge in [-0.3, -0.25) is 15.3 Å². The first-order valence-corrected chi connectivity index (χ1v) is 8.91. The number of hydrogen-bond donors (Lipinski definition) is 2. The van der Waals surface area contributed by atoms with Crippen LogP contribution >= 0.6 is 0 Å². The normalized spacial score (nSPS) is 15.8. The highest BCUT2D eigenvalue weighted by atomic mass is 16.5. The number of hydrogen-bond acceptors (Lipinski definition) is 4. The van der Waals surface area contributed by atoms with Crippen molar-refractivity contribution in [2.45, 2.75) is 92.8 Å². The Kier molecular flexibility index (Phi) is 7.65. The van der Waals surface area contributed by atoms with Crippen molar-refractivity contribution in [1.82, 2.24) is 5.32 Å². The maximum Gasteiger partial charge on any atom is 0.226 e. The Bertz CT molecular complexity index is 452. The molecule has 0 saturated carbocycles. The van der Waals surface area contributed by atoms with E-state index in [0.29, 0.717) is 13.0 Å². The first kappa shape index (κ1) is 23.1. The summed E-state index contributed by atoms with van der Waals surface area (Å²) in [5.74, 6) is -0.234. The lowest BCUT2D eigenvalue weighted by Crippen LogP contribution is -2.55. The minimum Gasteiger partial charge on any atom is -0.354 e. The van der Waals surface area contributed by atoms with E-state index in [4.69, 9.17) is 10.5 Å². The lowest BCUT2D eigenvalue weighted by atomic mass is 9.70. The summed E-state index contributed by atoms with van der Waals surface area (Å²) in [5, 5.41) is 3.11. The standard InChI is InChI=1S/C19H38N2O3/c1-10-12-18(7,8)21-15(23)17(5,6)13-16(3,4)14(22)19(9,20)24-11-2/h10-13,20H2,1-9H3,(H,21,23). The van der Waals surface area contributed by atoms with Crippen molar-refractivity contribution in [2.75, 3.05) is 6.61 Å². The van der Waals surface area contributed by atoms with Crippen LogP contribution in [0, 0.1) is 10.8 Å². The van der Waals surface area contributed by atoms with Gasteiger partial charge in [0.2, 0.25) is 5.91 Å². The Labute approximate surface area is 148 Å². The molecule has 5 nitrogen and oxygen atoms in total. The van der Waals surface area contributed by atoms with Crippen LogP contribution in [0.25, 0.3) is 0 Å². The van der Waals surface area contributed by atoms with E-state index in [2.05, 4.69) is 12.2 Å². The second kappa shape index (κ2) is 7.96. The van der Waals surface area contributed by atoms with Gasteiger partial charge in [-0.1, -0.05) is 41.0 Å². The Morgan fingerprint density at radius 3 is 1.88 bits per heavy atom. The quantitative estimate of drug-likeness (QED) is 0.596. The fourth-order valence-electron chi connectivity index (χ4n) is 3.47. The molecule has 1 unspecified atom stereocenters. The highest BCUT2D eigenvalue weighted by Crippen LogP contribution is 2.37. The molecule has 3 N–H and O–H groups in total. The van der Waals surface area contributed by atoms with Gasteiger partial charge in [0.15, 0.2) is 11.5 Å². The Balaban J connectivity index is 5.18. The summed E-state index contributed by atoms with van der Waals surface area (Å²) in [4.78, 5) is 25.5. The number of nitrogens with two attached hydrogens (primary N) is 1. The summed E-state index contributed by atoms with van der Waals surface area (Å²) < 4.78 is 5.39. The maximum absolute atomic E-state index is 12.8. The smallest absolute Gasteiger partial charge is 0.226 e. The zero-order chi connectivity index (χ0) is 19.4. The molecule has 1 atom stereocenters. The number of carbonyl (C=O) groups is 2. The van der Waals surface area contributed by atoms with E-state index < -0.39 is 16.6 Å². The molecule has 0 aromatic carbocycles. The number of amides is 1. The van der Waals surface area contributed by atoms with E-state index in [-0.39, 0.29) is 17.2 Å². The SMILES string of the molecule is CCCC(C)(C)NC(=O)C(C)(C)CC(C)(C)C(=O)C(C)(N)OCC. The molecule has 0 heterocycles. The van der Waals surface area contributed by atoms with E-state index in [1.807, 2.05) is 41.5 Å². The van der Waals surface area contributed by atoms with Gasteiger partial charge in [0.25, 0.3) is 0 Å². The van der Waals surface area contributed by atoms with Gasteiger partial charge >= 0.3 is 0 Å². The molecule has 1 amide bonds. The van der Waals surface area contributed by atoms with Crippen LogP contribution in [-0.2, 0) is 14.3 Å². The van der Waals surface area contributed by atoms with E-state index >= 15 is 0 Å². The van der Waals surface area contributed by atoms with Crippen LogP contribution in [0.15, 0.2) is 0 Å². The number of rotatable bonds is 10. The second-order valence-corrected chi connectivity index (χ2v) is 8.90. The molecule has 0 rings (SSSR count). The maximum atomic E-state index is 12.8. The van der Waals surface area contributed by atoms with Crippen molar-refractivity contribution >= 4 is 11.7 Å². The Hall–Kier alpha value is -0.940. The second-order valence-electron chi connectivity index (χ2n) is 8.90. The molecule has 0 aliphatic carbocycles. The van der Waals surface area contributed by atoms with Crippen LogP contribution in [0.2, 0.25) is 0 Å². The van der Waals surface area contributed by atoms with Gasteiger partial charge in [-0.25, -0.2) is 0 Å². The van der Waals surface area contributed by atoms with Crippen molar-refractivity contribution in [2.24, 2.45) is 16.6 Å². The van der Waals surface area contributed by atoms with E-state index in [0.717, 1.165) is 12.8 Å². The first-order chi connectivity index (χ1) is 10.6. The third-order valence-corrected chi connectivity index (χ3v) is 4.34. The molecule has 0 aliphatic heterocycles. The van der Waals surface area contributed by atoms with Gasteiger partial charge in [0.05, 0.1) is 0 Å². The van der Waals surface area contributed by atoms with Gasteiger partial charge < -0.3 is 10.1 Å². The molecule has 0 bridgehead atoms. The summed E-state index contributed by atoms with van der Waals surface area (Å²) in [5.41, 5.74) is 2.96. The fraction of sp³-hybridized carbons (Fsp3) is 0.895. The number of carbonyl (C=O) groups excluding carboxylic acids is 2. The van der Waals surface area contributed by atoms with Crippen LogP contribution in [0.1, 0.15) is 81.6 Å². The zero-order valence-corrected chi connectivity index (χ0v) is 17.1. The van der Waals surface area contributed by atoms with Crippen LogP contribution in [0.4, 0.5) is 0 Å². The van der Waals surface area contributed by atoms with Crippen molar-refractivity contribution in [1.29, 1.82) is 0 Å². The predicted octanol–water partition coefficient (Wildman–Crippen LogP) is 3.40. The molecule has 0 fully saturated rings. The van der Waals surface area contributed by atoms with Crippen LogP contribution < -0.4 is 11.1 Å². The van der Waals surface area contributed by atoms with Crippen LogP contribution in [0.5, 0.6) is 0 Å². The molecule has 0 aromatic rings. The summed E-state index contributed by atoms with van der Waals surface area (Å²) in [6.07, 6.45) is 2.30. The predicted molar refractivity (Wildman–Crippen MR) is 98.5 cm³/mol. The highest BCUT2D eigenvalue weighted by molar-refractivity contribution is 5.92. The molecule has 5 heteroatoms. The summed E-state index contributed by atoms with van der Waals surface area (Å²) >= 11 is 0. The zero-order valence-electron chi connectivity index (χ0n) is 17.1. The van der Waals surface area contributed by atoms with Crippen molar-refractivity contribution in [3.05, 3.63) is 0 Å². The molecule has 0 aromatic heterocycles. The lowest BCUT2D eigenvalue weighted by Gasteiger charge is -2.39. The lowest BCUT2D eigenvalue weighted by molar-refractivity contribution is -0.153. The highest BCUT2D eigenvalue weighted by Gasteiger charge is 2.45. The number of ether oxygens (including phenoxy) is 1. The minimum absolute atomic E-state index is 0.0445. The number of Topliss-reactive ketones (excluding diaryl/α,β-unsaturated/α-hetero) is 1. The average Bonchev–Trinajstić information content (AvgIpc) is 2.35. The van der Waals surface area contributed by atoms with Gasteiger partial charge in [-0.15, -0.1) is 0 Å². The van der Waals surface area contributed by atoms with Gasteiger partial charge in [0.1, 0.15) is 0 Å². The Morgan fingerprint density at radius 2 is 1.46 bits per heavy atom. The van der Waals surface area contributed by atoms with E-state index in [1.54, 1.807) is 13.8 Å². The van der Waals surface area contributed by atoms with Crippen molar-refractivity contribution in [3.8, 4) is 0 Å². The molecule has 0 spiro atoms. The summed E-state index contributed by atoms with van der Waals surface area (Å²) in [7, 11) is 0. The van der Waals surface area contributed by atoms with E-state index in [9.17, 15) is 9.59 Å². The van der Waals surface area contributed by atoms with Crippen molar-refractivity contribution < 1.29 is 14.3 Å². The van der Waals surface area contributed by atoms with Gasteiger partial charge in [0, 0.05) is 23.0 Å². The van der Waals surface area contributed by atoms with Crippen LogP contribution in [0.3, 0.4) is 0 Å². The monoisotopic (exact) mass is 342 g/mol. The first-order valence-electron chi connectivity index (χ1n) is 8.91. The molecular formula is C19H38N2O3. The largest absolute Gasteiger partial charge is 0.354 e. The van der Waals surface area contributed by atoms with Gasteiger partial charge in [-0.05, 0) is 40.5 Å². The third kappa shape index (κ3) is 6.52. The minimum atomic E-state index is -1.34. The van der Waals surface area contributed by atoms with E-state index in [1.165, 1.54) is 0 Å². The summed E-state index contributed by atoms with van der Waals surface area (Å²) in [6, 6.07) is 0. The molecule has 0 radical (unpaired) electrons. The Morgan fingerprint density at radius 1 is 0.958 bits per heavy atom. The van der Waals surface area contributed by atoms with Crippen LogP contribution in [-0.4, -0.2) is 29.6 Å². The molecule has 0 aliphatic rings. The summed E-state index contributed by atoms with van der Waals surface area (Å²) in [6.45, 7) is 17.3.